The van der Waals surface area contributed by atoms with Crippen molar-refractivity contribution >= 4 is 28.9 Å². The summed E-state index contributed by atoms with van der Waals surface area (Å²) in [4.78, 5) is 40.4. The number of Topliss-reactive ketones (excluding diaryl/α,β-unsaturated/α-hetero) is 2. The Morgan fingerprint density at radius 2 is 1.94 bits per heavy atom. The third kappa shape index (κ3) is 3.06. The van der Waals surface area contributed by atoms with Crippen molar-refractivity contribution in [1.29, 1.82) is 0 Å². The highest BCUT2D eigenvalue weighted by atomic mass is 16.3. The van der Waals surface area contributed by atoms with E-state index in [1.807, 2.05) is 19.0 Å². The highest BCUT2D eigenvalue weighted by molar-refractivity contribution is 6.24. The molecule has 5 atom stereocenters. The molecule has 184 valence electrons. The van der Waals surface area contributed by atoms with Gasteiger partial charge in [-0.05, 0) is 42.9 Å². The molecule has 5 rings (SSSR count). The lowest BCUT2D eigenvalue weighted by Gasteiger charge is -2.48. The molecule has 35 heavy (non-hydrogen) atoms. The van der Waals surface area contributed by atoms with E-state index in [9.17, 15) is 34.8 Å². The molecule has 1 heterocycles. The van der Waals surface area contributed by atoms with E-state index >= 15 is 0 Å². The number of aliphatic hydroxyl groups is 3. The summed E-state index contributed by atoms with van der Waals surface area (Å²) >= 11 is 0. The van der Waals surface area contributed by atoms with E-state index in [0.29, 0.717) is 22.4 Å². The highest BCUT2D eigenvalue weighted by Crippen LogP contribution is 2.54. The van der Waals surface area contributed by atoms with Gasteiger partial charge in [-0.3, -0.25) is 14.4 Å². The second kappa shape index (κ2) is 7.69. The number of anilines is 1. The summed E-state index contributed by atoms with van der Waals surface area (Å²) in [5, 5.41) is 44.2. The first-order valence-electron chi connectivity index (χ1n) is 11.3. The number of aliphatic hydroxyl groups excluding tert-OH is 2. The van der Waals surface area contributed by atoms with E-state index in [-0.39, 0.29) is 36.1 Å². The number of phenols is 1. The molecular weight excluding hydrogens is 456 g/mol. The quantitative estimate of drug-likeness (QED) is 0.398. The van der Waals surface area contributed by atoms with Gasteiger partial charge in [0.2, 0.25) is 11.7 Å². The minimum atomic E-state index is -2.60. The molecule has 3 aliphatic rings. The Labute approximate surface area is 200 Å². The predicted octanol–water partition coefficient (Wildman–Crippen LogP) is 0.915. The first kappa shape index (κ1) is 23.1. The van der Waals surface area contributed by atoms with Crippen molar-refractivity contribution < 1.29 is 39.2 Å². The van der Waals surface area contributed by atoms with E-state index < -0.39 is 52.7 Å². The van der Waals surface area contributed by atoms with Crippen LogP contribution in [0.4, 0.5) is 5.69 Å². The van der Waals surface area contributed by atoms with Crippen LogP contribution in [0.2, 0.25) is 0 Å². The molecule has 3 aliphatic carbocycles. The van der Waals surface area contributed by atoms with Gasteiger partial charge in [0.15, 0.2) is 11.4 Å². The first-order chi connectivity index (χ1) is 16.5. The molecule has 0 radical (unpaired) electrons. The van der Waals surface area contributed by atoms with E-state index in [1.54, 1.807) is 12.1 Å². The summed E-state index contributed by atoms with van der Waals surface area (Å²) in [6, 6.07) is 3.41. The zero-order chi connectivity index (χ0) is 25.4. The number of ketones is 2. The Kier molecular flexibility index (Phi) is 5.08. The highest BCUT2D eigenvalue weighted by Gasteiger charge is 2.64. The number of phenolic OH excluding ortho intramolecular Hbond substituents is 1. The molecule has 10 nitrogen and oxygen atoms in total. The standard InChI is InChI=1S/C25H26N2O8/c1-27(2)15-8-13(10-3-4-35-9-10)20(29)18-14(15)6-11-5-12-7-16(28)19(24(26)33)23(32)25(12,34)22(31)17(11)21(18)30/h3-4,8-9,11-12,16,19,28-30,34H,5-7H2,1-2H3,(H2,26,33)/t11-,12+,16?,19?,25+/m1/s1. The van der Waals surface area contributed by atoms with Crippen LogP contribution in [-0.4, -0.2) is 63.7 Å². The van der Waals surface area contributed by atoms with Crippen LogP contribution in [0.3, 0.4) is 0 Å². The van der Waals surface area contributed by atoms with Crippen LogP contribution in [0.1, 0.15) is 24.0 Å². The molecule has 2 fully saturated rings. The van der Waals surface area contributed by atoms with Crippen LogP contribution >= 0.6 is 0 Å². The van der Waals surface area contributed by atoms with Crippen molar-refractivity contribution in [2.24, 2.45) is 23.5 Å². The lowest BCUT2D eigenvalue weighted by molar-refractivity contribution is -0.174. The predicted molar refractivity (Wildman–Crippen MR) is 123 cm³/mol. The fourth-order valence-electron chi connectivity index (χ4n) is 6.01. The van der Waals surface area contributed by atoms with Crippen LogP contribution in [0, 0.1) is 17.8 Å². The Balaban J connectivity index is 1.71. The summed E-state index contributed by atoms with van der Waals surface area (Å²) < 4.78 is 5.14. The van der Waals surface area contributed by atoms with Crippen molar-refractivity contribution in [3.8, 4) is 16.9 Å². The fraction of sp³-hybridized carbons (Fsp3) is 0.400. The molecule has 1 aromatic carbocycles. The van der Waals surface area contributed by atoms with Gasteiger partial charge in [0.05, 0.1) is 24.2 Å². The van der Waals surface area contributed by atoms with Crippen LogP contribution in [-0.2, 0) is 20.8 Å². The molecule has 0 saturated heterocycles. The number of primary amides is 1. The summed E-state index contributed by atoms with van der Waals surface area (Å²) in [6.07, 6.45) is 1.68. The molecule has 1 amide bonds. The number of benzene rings is 1. The van der Waals surface area contributed by atoms with E-state index in [2.05, 4.69) is 0 Å². The zero-order valence-corrected chi connectivity index (χ0v) is 19.2. The molecule has 2 aromatic rings. The Bertz CT molecular complexity index is 1300. The SMILES string of the molecule is CN(C)c1cc(-c2ccoc2)c(O)c2c1C[C@H]1C[C@H]3CC(O)C(C(N)=O)C(=O)[C@@]3(O)C(=O)C1=C2O. The molecule has 0 spiro atoms. The van der Waals surface area contributed by atoms with Gasteiger partial charge in [-0.25, -0.2) is 0 Å². The molecule has 0 bridgehead atoms. The maximum absolute atomic E-state index is 13.6. The molecule has 2 saturated carbocycles. The minimum absolute atomic E-state index is 0.0452. The first-order valence-corrected chi connectivity index (χ1v) is 11.3. The van der Waals surface area contributed by atoms with Gasteiger partial charge < -0.3 is 35.5 Å². The number of hydrogen-bond donors (Lipinski definition) is 5. The van der Waals surface area contributed by atoms with Gasteiger partial charge in [-0.15, -0.1) is 0 Å². The fourth-order valence-corrected chi connectivity index (χ4v) is 6.01. The van der Waals surface area contributed by atoms with Gasteiger partial charge in [-0.2, -0.15) is 0 Å². The minimum Gasteiger partial charge on any atom is -0.507 e. The molecule has 6 N–H and O–H groups in total. The summed E-state index contributed by atoms with van der Waals surface area (Å²) in [5.74, 6) is -7.34. The monoisotopic (exact) mass is 482 g/mol. The van der Waals surface area contributed by atoms with Crippen LogP contribution in [0.5, 0.6) is 5.75 Å². The average Bonchev–Trinajstić information content (AvgIpc) is 3.30. The third-order valence-corrected chi connectivity index (χ3v) is 7.67. The van der Waals surface area contributed by atoms with Crippen molar-refractivity contribution in [2.75, 3.05) is 19.0 Å². The zero-order valence-electron chi connectivity index (χ0n) is 19.2. The van der Waals surface area contributed by atoms with E-state index in [1.165, 1.54) is 12.5 Å². The topological polar surface area (TPSA) is 175 Å². The van der Waals surface area contributed by atoms with Crippen molar-refractivity contribution in [3.05, 3.63) is 41.4 Å². The molecule has 1 aromatic heterocycles. The average molecular weight is 482 g/mol. The molecule has 0 aliphatic heterocycles. The van der Waals surface area contributed by atoms with Gasteiger partial charge in [0, 0.05) is 42.4 Å². The number of nitrogens with two attached hydrogens (primary N) is 1. The van der Waals surface area contributed by atoms with Gasteiger partial charge in [0.1, 0.15) is 17.4 Å². The number of fused-ring (bicyclic) bond motifs is 3. The number of aromatic hydroxyl groups is 1. The second-order valence-corrected chi connectivity index (χ2v) is 9.79. The smallest absolute Gasteiger partial charge is 0.230 e. The lowest BCUT2D eigenvalue weighted by atomic mass is 9.56. The van der Waals surface area contributed by atoms with Crippen LogP contribution in [0.25, 0.3) is 16.9 Å². The number of nitrogens with zero attached hydrogens (tertiary/aromatic N) is 1. The maximum Gasteiger partial charge on any atom is 0.230 e. The van der Waals surface area contributed by atoms with Gasteiger partial charge in [-0.1, -0.05) is 0 Å². The van der Waals surface area contributed by atoms with Crippen LogP contribution < -0.4 is 10.6 Å². The summed E-state index contributed by atoms with van der Waals surface area (Å²) in [6.45, 7) is 0. The van der Waals surface area contributed by atoms with E-state index in [4.69, 9.17) is 10.2 Å². The van der Waals surface area contributed by atoms with Gasteiger partial charge >= 0.3 is 0 Å². The number of rotatable bonds is 3. The number of hydrogen-bond acceptors (Lipinski definition) is 9. The van der Waals surface area contributed by atoms with E-state index in [0.717, 1.165) is 0 Å². The van der Waals surface area contributed by atoms with Crippen molar-refractivity contribution in [2.45, 2.75) is 31.0 Å². The maximum atomic E-state index is 13.6. The number of carbonyl (C=O) groups excluding carboxylic acids is 3. The Hall–Kier alpha value is -3.63. The summed E-state index contributed by atoms with van der Waals surface area (Å²) in [5.41, 5.74) is 4.80. The van der Waals surface area contributed by atoms with Crippen LogP contribution in [0.15, 0.2) is 34.6 Å². The van der Waals surface area contributed by atoms with Crippen molar-refractivity contribution in [3.63, 3.8) is 0 Å². The lowest BCUT2D eigenvalue weighted by Crippen LogP contribution is -2.66. The molecule has 2 unspecified atom stereocenters. The number of furan rings is 1. The van der Waals surface area contributed by atoms with Gasteiger partial charge in [0.25, 0.3) is 0 Å². The molecule has 10 heteroatoms. The largest absolute Gasteiger partial charge is 0.507 e. The van der Waals surface area contributed by atoms with Crippen molar-refractivity contribution in [1.82, 2.24) is 0 Å². The Morgan fingerprint density at radius 1 is 1.23 bits per heavy atom. The normalized spacial score (nSPS) is 29.9. The Morgan fingerprint density at radius 3 is 2.54 bits per heavy atom. The second-order valence-electron chi connectivity index (χ2n) is 9.79. The summed E-state index contributed by atoms with van der Waals surface area (Å²) in [7, 11) is 3.62. The molecular formula is C25H26N2O8. The number of carbonyl (C=O) groups is 3. The third-order valence-electron chi connectivity index (χ3n) is 7.67. The number of amides is 1.